The van der Waals surface area contributed by atoms with Crippen LogP contribution >= 0.6 is 0 Å². The molecule has 0 amide bonds. The summed E-state index contributed by atoms with van der Waals surface area (Å²) in [6.07, 6.45) is -1.04. The zero-order chi connectivity index (χ0) is 14.5. The van der Waals surface area contributed by atoms with Gasteiger partial charge in [-0.15, -0.1) is 0 Å². The zero-order valence-electron chi connectivity index (χ0n) is 11.5. The number of rotatable bonds is 5. The van der Waals surface area contributed by atoms with E-state index >= 15 is 0 Å². The standard InChI is InChI=1S/C16H17FO3/c1-3-20-12-9-7-11(8-10-12)16(18)13-5-4-6-14(19-2)15(13)17/h4-10,16,18H,3H2,1-2H3. The SMILES string of the molecule is CCOc1ccc(C(O)c2cccc(OC)c2F)cc1. The molecular formula is C16H17FO3. The van der Waals surface area contributed by atoms with Crippen LogP contribution in [-0.4, -0.2) is 18.8 Å². The molecule has 3 nitrogen and oxygen atoms in total. The monoisotopic (exact) mass is 276 g/mol. The summed E-state index contributed by atoms with van der Waals surface area (Å²) in [5.74, 6) is 0.290. The fourth-order valence-corrected chi connectivity index (χ4v) is 1.99. The van der Waals surface area contributed by atoms with E-state index in [1.54, 1.807) is 36.4 Å². The van der Waals surface area contributed by atoms with E-state index in [0.29, 0.717) is 12.2 Å². The number of halogens is 1. The van der Waals surface area contributed by atoms with E-state index < -0.39 is 11.9 Å². The second-order valence-electron chi connectivity index (χ2n) is 4.27. The average Bonchev–Trinajstić information content (AvgIpc) is 2.48. The third kappa shape index (κ3) is 2.91. The van der Waals surface area contributed by atoms with Crippen LogP contribution in [0.5, 0.6) is 11.5 Å². The lowest BCUT2D eigenvalue weighted by atomic mass is 10.0. The third-order valence-electron chi connectivity index (χ3n) is 3.01. The van der Waals surface area contributed by atoms with E-state index in [1.807, 2.05) is 6.92 Å². The van der Waals surface area contributed by atoms with E-state index in [0.717, 1.165) is 5.75 Å². The maximum absolute atomic E-state index is 14.1. The Labute approximate surface area is 117 Å². The Morgan fingerprint density at radius 1 is 1.15 bits per heavy atom. The molecule has 2 rings (SSSR count). The van der Waals surface area contributed by atoms with Gasteiger partial charge in [-0.25, -0.2) is 4.39 Å². The molecule has 0 aliphatic carbocycles. The second kappa shape index (κ2) is 6.39. The van der Waals surface area contributed by atoms with Gasteiger partial charge in [-0.05, 0) is 30.7 Å². The maximum atomic E-state index is 14.1. The summed E-state index contributed by atoms with van der Waals surface area (Å²) >= 11 is 0. The van der Waals surface area contributed by atoms with Crippen molar-refractivity contribution in [2.45, 2.75) is 13.0 Å². The number of aliphatic hydroxyl groups excluding tert-OH is 1. The van der Waals surface area contributed by atoms with Gasteiger partial charge in [0.2, 0.25) is 0 Å². The molecule has 0 fully saturated rings. The summed E-state index contributed by atoms with van der Waals surface area (Å²) in [7, 11) is 1.39. The third-order valence-corrected chi connectivity index (χ3v) is 3.01. The largest absolute Gasteiger partial charge is 0.494 e. The average molecular weight is 276 g/mol. The molecule has 0 saturated heterocycles. The molecule has 0 spiro atoms. The molecule has 0 aliphatic heterocycles. The number of aliphatic hydroxyl groups is 1. The van der Waals surface area contributed by atoms with Gasteiger partial charge in [-0.1, -0.05) is 24.3 Å². The molecule has 0 saturated carbocycles. The highest BCUT2D eigenvalue weighted by Crippen LogP contribution is 2.29. The summed E-state index contributed by atoms with van der Waals surface area (Å²) in [5, 5.41) is 10.3. The highest BCUT2D eigenvalue weighted by Gasteiger charge is 2.17. The van der Waals surface area contributed by atoms with Crippen molar-refractivity contribution in [3.05, 3.63) is 59.4 Å². The fraction of sp³-hybridized carbons (Fsp3) is 0.250. The molecule has 0 aromatic heterocycles. The quantitative estimate of drug-likeness (QED) is 0.910. The van der Waals surface area contributed by atoms with Crippen molar-refractivity contribution in [1.82, 2.24) is 0 Å². The van der Waals surface area contributed by atoms with Crippen molar-refractivity contribution in [3.8, 4) is 11.5 Å². The Morgan fingerprint density at radius 2 is 1.85 bits per heavy atom. The zero-order valence-corrected chi connectivity index (χ0v) is 11.5. The van der Waals surface area contributed by atoms with Crippen molar-refractivity contribution in [3.63, 3.8) is 0 Å². The molecular weight excluding hydrogens is 259 g/mol. The number of hydrogen-bond acceptors (Lipinski definition) is 3. The van der Waals surface area contributed by atoms with Gasteiger partial charge in [0, 0.05) is 5.56 Å². The van der Waals surface area contributed by atoms with Crippen molar-refractivity contribution < 1.29 is 19.0 Å². The lowest BCUT2D eigenvalue weighted by molar-refractivity contribution is 0.213. The molecule has 0 radical (unpaired) electrons. The Bertz CT molecular complexity index is 566. The van der Waals surface area contributed by atoms with Crippen LogP contribution in [0, 0.1) is 5.82 Å². The lowest BCUT2D eigenvalue weighted by Crippen LogP contribution is -2.04. The van der Waals surface area contributed by atoms with Crippen LogP contribution in [0.1, 0.15) is 24.2 Å². The highest BCUT2D eigenvalue weighted by molar-refractivity contribution is 5.38. The normalized spacial score (nSPS) is 12.0. The van der Waals surface area contributed by atoms with Gasteiger partial charge < -0.3 is 14.6 Å². The summed E-state index contributed by atoms with van der Waals surface area (Å²) in [5.41, 5.74) is 0.786. The summed E-state index contributed by atoms with van der Waals surface area (Å²) in [4.78, 5) is 0. The van der Waals surface area contributed by atoms with E-state index in [2.05, 4.69) is 0 Å². The number of methoxy groups -OCH3 is 1. The van der Waals surface area contributed by atoms with Crippen LogP contribution in [0.15, 0.2) is 42.5 Å². The number of ether oxygens (including phenoxy) is 2. The van der Waals surface area contributed by atoms with E-state index in [9.17, 15) is 9.50 Å². The fourth-order valence-electron chi connectivity index (χ4n) is 1.99. The predicted molar refractivity (Wildman–Crippen MR) is 74.6 cm³/mol. The van der Waals surface area contributed by atoms with Crippen LogP contribution < -0.4 is 9.47 Å². The first kappa shape index (κ1) is 14.3. The molecule has 1 N–H and O–H groups in total. The number of hydrogen-bond donors (Lipinski definition) is 1. The first-order chi connectivity index (χ1) is 9.67. The van der Waals surface area contributed by atoms with Crippen LogP contribution in [0.4, 0.5) is 4.39 Å². The van der Waals surface area contributed by atoms with E-state index in [-0.39, 0.29) is 11.3 Å². The van der Waals surface area contributed by atoms with Gasteiger partial charge in [-0.2, -0.15) is 0 Å². The summed E-state index contributed by atoms with van der Waals surface area (Å²) < 4.78 is 24.3. The highest BCUT2D eigenvalue weighted by atomic mass is 19.1. The minimum absolute atomic E-state index is 0.118. The van der Waals surface area contributed by atoms with Gasteiger partial charge in [-0.3, -0.25) is 0 Å². The van der Waals surface area contributed by atoms with Gasteiger partial charge in [0.05, 0.1) is 13.7 Å². The van der Waals surface area contributed by atoms with Crippen LogP contribution in [0.3, 0.4) is 0 Å². The molecule has 106 valence electrons. The Morgan fingerprint density at radius 3 is 2.45 bits per heavy atom. The minimum Gasteiger partial charge on any atom is -0.494 e. The first-order valence-corrected chi connectivity index (χ1v) is 6.40. The van der Waals surface area contributed by atoms with Gasteiger partial charge in [0.15, 0.2) is 11.6 Å². The maximum Gasteiger partial charge on any atom is 0.171 e. The summed E-state index contributed by atoms with van der Waals surface area (Å²) in [6, 6.07) is 11.6. The van der Waals surface area contributed by atoms with Crippen LogP contribution in [0.2, 0.25) is 0 Å². The van der Waals surface area contributed by atoms with E-state index in [1.165, 1.54) is 13.2 Å². The first-order valence-electron chi connectivity index (χ1n) is 6.40. The molecule has 0 aliphatic rings. The topological polar surface area (TPSA) is 38.7 Å². The molecule has 0 bridgehead atoms. The van der Waals surface area contributed by atoms with Crippen molar-refractivity contribution in [2.75, 3.05) is 13.7 Å². The van der Waals surface area contributed by atoms with Crippen molar-refractivity contribution in [2.24, 2.45) is 0 Å². The van der Waals surface area contributed by atoms with Crippen LogP contribution in [0.25, 0.3) is 0 Å². The Hall–Kier alpha value is -2.07. The molecule has 1 unspecified atom stereocenters. The van der Waals surface area contributed by atoms with Crippen molar-refractivity contribution >= 4 is 0 Å². The number of benzene rings is 2. The summed E-state index contributed by atoms with van der Waals surface area (Å²) in [6.45, 7) is 2.47. The predicted octanol–water partition coefficient (Wildman–Crippen LogP) is 3.31. The van der Waals surface area contributed by atoms with Gasteiger partial charge in [0.25, 0.3) is 0 Å². The smallest absolute Gasteiger partial charge is 0.171 e. The second-order valence-corrected chi connectivity index (χ2v) is 4.27. The molecule has 1 atom stereocenters. The van der Waals surface area contributed by atoms with Crippen molar-refractivity contribution in [1.29, 1.82) is 0 Å². The molecule has 20 heavy (non-hydrogen) atoms. The Kier molecular flexibility index (Phi) is 4.58. The molecule has 0 heterocycles. The molecule has 2 aromatic carbocycles. The molecule has 4 heteroatoms. The lowest BCUT2D eigenvalue weighted by Gasteiger charge is -2.14. The minimum atomic E-state index is -1.04. The van der Waals surface area contributed by atoms with Gasteiger partial charge >= 0.3 is 0 Å². The van der Waals surface area contributed by atoms with Crippen LogP contribution in [-0.2, 0) is 0 Å². The van der Waals surface area contributed by atoms with Gasteiger partial charge in [0.1, 0.15) is 11.9 Å². The Balaban J connectivity index is 2.29. The van der Waals surface area contributed by atoms with E-state index in [4.69, 9.17) is 9.47 Å². The molecule has 2 aromatic rings.